The third-order valence-electron chi connectivity index (χ3n) is 9.80. The zero-order valence-corrected chi connectivity index (χ0v) is 34.9. The molecule has 0 aliphatic carbocycles. The molecule has 5 heterocycles. The fourth-order valence-electron chi connectivity index (χ4n) is 7.09. The maximum absolute atomic E-state index is 13.4. The molecule has 14 heteroatoms. The van der Waals surface area contributed by atoms with Gasteiger partial charge in [-0.2, -0.15) is 0 Å². The summed E-state index contributed by atoms with van der Waals surface area (Å²) in [5, 5.41) is 24.7. The number of nitrogens with zero attached hydrogens (tertiary/aromatic N) is 6. The molecular formula is C42H60N10O4. The number of H-pyrrole nitrogens is 3. The van der Waals surface area contributed by atoms with Crippen molar-refractivity contribution in [2.24, 2.45) is 30.0 Å². The van der Waals surface area contributed by atoms with Gasteiger partial charge in [0.25, 0.3) is 11.8 Å². The summed E-state index contributed by atoms with van der Waals surface area (Å²) >= 11 is 0. The summed E-state index contributed by atoms with van der Waals surface area (Å²) in [6.45, 7) is 18.2. The highest BCUT2D eigenvalue weighted by Gasteiger charge is 2.37. The van der Waals surface area contributed by atoms with Crippen LogP contribution in [0.1, 0.15) is 141 Å². The van der Waals surface area contributed by atoms with Crippen LogP contribution in [-0.4, -0.2) is 71.3 Å². The van der Waals surface area contributed by atoms with Crippen molar-refractivity contribution in [3.05, 3.63) is 44.4 Å². The molecule has 5 rings (SSSR count). The number of rotatable bonds is 14. The van der Waals surface area contributed by atoms with E-state index in [1.807, 2.05) is 0 Å². The van der Waals surface area contributed by atoms with Gasteiger partial charge in [-0.15, -0.1) is 0 Å². The van der Waals surface area contributed by atoms with Gasteiger partial charge in [0, 0.05) is 33.4 Å². The van der Waals surface area contributed by atoms with Crippen LogP contribution in [0.5, 0.6) is 0 Å². The summed E-state index contributed by atoms with van der Waals surface area (Å²) in [5.41, 5.74) is 3.97. The normalized spacial score (nSPS) is 15.8. The van der Waals surface area contributed by atoms with E-state index in [1.54, 1.807) is 0 Å². The van der Waals surface area contributed by atoms with E-state index in [1.165, 1.54) is 27.7 Å². The number of aromatic amines is 3. The van der Waals surface area contributed by atoms with Crippen LogP contribution in [0.15, 0.2) is 30.0 Å². The standard InChI is InChI=1S/C42H60N10O4/c1-11-17-23-24(18-12-2)32-45-31(23)46-33-25(19-13-3)27(21-15-5)35(48-33)50-37-29(43-39(53)41(7,8)55)30(44-40(54)42(9,10)56)38(52-37)51-36-28(22-16-6)26(20-14-4)34(47-32)49-36/h48-49,55-56H,11-22H2,1-10H3,(H,45,46,47)(H,50,51,52). The lowest BCUT2D eigenvalue weighted by molar-refractivity contribution is -0.133. The van der Waals surface area contributed by atoms with Crippen LogP contribution in [0.25, 0.3) is 0 Å². The first-order chi connectivity index (χ1) is 26.6. The summed E-state index contributed by atoms with van der Waals surface area (Å²) in [4.78, 5) is 67.0. The molecule has 2 amide bonds. The molecule has 6 N–H and O–H groups in total. The minimum atomic E-state index is -1.85. The predicted octanol–water partition coefficient (Wildman–Crippen LogP) is 6.44. The van der Waals surface area contributed by atoms with E-state index in [2.05, 4.69) is 71.8 Å². The van der Waals surface area contributed by atoms with Gasteiger partial charge in [0.05, 0.1) is 0 Å². The lowest BCUT2D eigenvalue weighted by atomic mass is 10.0. The number of amidine groups is 2. The highest BCUT2D eigenvalue weighted by atomic mass is 16.3. The molecule has 0 unspecified atom stereocenters. The van der Waals surface area contributed by atoms with E-state index >= 15 is 0 Å². The molecule has 0 spiro atoms. The van der Waals surface area contributed by atoms with Crippen LogP contribution in [0, 0.1) is 0 Å². The molecule has 0 radical (unpaired) electrons. The predicted molar refractivity (Wildman–Crippen MR) is 223 cm³/mol. The van der Waals surface area contributed by atoms with Crippen molar-refractivity contribution in [3.8, 4) is 0 Å². The van der Waals surface area contributed by atoms with Crippen LogP contribution >= 0.6 is 0 Å². The summed E-state index contributed by atoms with van der Waals surface area (Å²) in [7, 11) is 0. The second kappa shape index (κ2) is 17.5. The molecule has 302 valence electrons. The Hall–Kier alpha value is -4.82. The minimum absolute atomic E-state index is 0.0873. The number of aliphatic imine (C=N–C) groups is 4. The molecule has 14 nitrogen and oxygen atoms in total. The summed E-state index contributed by atoms with van der Waals surface area (Å²) < 4.78 is 0. The minimum Gasteiger partial charge on any atom is -0.381 e. The Kier molecular flexibility index (Phi) is 13.3. The van der Waals surface area contributed by atoms with Crippen LogP contribution in [0.2, 0.25) is 0 Å². The van der Waals surface area contributed by atoms with Gasteiger partial charge in [-0.3, -0.25) is 9.59 Å². The Balaban J connectivity index is 2.02. The number of carbonyl (C=O) groups is 2. The number of aromatic nitrogens is 3. The highest BCUT2D eigenvalue weighted by molar-refractivity contribution is 6.89. The number of amides is 2. The monoisotopic (exact) mass is 768 g/mol. The number of carbonyl (C=O) groups excluding carboxylic acids is 2. The molecule has 0 saturated carbocycles. The van der Waals surface area contributed by atoms with Crippen LogP contribution in [-0.2, 0) is 48.1 Å². The first-order valence-corrected chi connectivity index (χ1v) is 20.4. The van der Waals surface area contributed by atoms with Gasteiger partial charge in [0.1, 0.15) is 56.9 Å². The first-order valence-electron chi connectivity index (χ1n) is 20.4. The van der Waals surface area contributed by atoms with Gasteiger partial charge in [-0.1, -0.05) is 80.1 Å². The van der Waals surface area contributed by atoms with Crippen molar-refractivity contribution in [2.45, 2.75) is 157 Å². The third-order valence-corrected chi connectivity index (χ3v) is 9.80. The summed E-state index contributed by atoms with van der Waals surface area (Å²) in [5.74, 6) is 0.857. The number of aliphatic hydroxyl groups is 2. The van der Waals surface area contributed by atoms with Gasteiger partial charge in [-0.25, -0.2) is 30.0 Å². The van der Waals surface area contributed by atoms with E-state index < -0.39 is 23.0 Å². The van der Waals surface area contributed by atoms with E-state index in [-0.39, 0.29) is 23.1 Å². The fourth-order valence-corrected chi connectivity index (χ4v) is 7.09. The number of hydrogen-bond donors (Lipinski definition) is 6. The molecule has 0 aromatic carbocycles. The van der Waals surface area contributed by atoms with Crippen molar-refractivity contribution in [3.63, 3.8) is 0 Å². The van der Waals surface area contributed by atoms with Crippen molar-refractivity contribution in [1.29, 1.82) is 0 Å². The van der Waals surface area contributed by atoms with Gasteiger partial charge in [0.2, 0.25) is 0 Å². The van der Waals surface area contributed by atoms with Gasteiger partial charge in [-0.05, 0) is 66.2 Å². The maximum atomic E-state index is 13.4. The van der Waals surface area contributed by atoms with E-state index in [0.717, 1.165) is 109 Å². The van der Waals surface area contributed by atoms with Gasteiger partial charge in [0.15, 0.2) is 11.7 Å². The lowest BCUT2D eigenvalue weighted by Crippen LogP contribution is -2.34. The molecule has 3 aromatic rings. The Morgan fingerprint density at radius 1 is 0.482 bits per heavy atom. The fraction of sp³-hybridized carbons (Fsp3) is 0.571. The molecule has 2 aliphatic rings. The summed E-state index contributed by atoms with van der Waals surface area (Å²) in [6, 6.07) is 0. The first kappa shape index (κ1) is 42.3. The highest BCUT2D eigenvalue weighted by Crippen LogP contribution is 2.36. The van der Waals surface area contributed by atoms with Gasteiger partial charge >= 0.3 is 0 Å². The molecule has 1 fully saturated rings. The second-order valence-electron chi connectivity index (χ2n) is 15.8. The molecule has 8 bridgehead atoms. The zero-order chi connectivity index (χ0) is 40.9. The number of fused-ring (bicyclic) bond motifs is 8. The van der Waals surface area contributed by atoms with Crippen molar-refractivity contribution in [1.82, 2.24) is 20.3 Å². The van der Waals surface area contributed by atoms with Crippen molar-refractivity contribution < 1.29 is 19.8 Å². The SMILES string of the molecule is CCCc1c2[nH]c(c1CCC)N=c1[nH]c(c(CCC)c1CCC)=Nc1[nH]c(c(CCC)c1CCC)N=C1NC(=N2)C(=NC(=O)C(C)(C)O)C1=NC(=O)C(C)(C)O. The van der Waals surface area contributed by atoms with Crippen molar-refractivity contribution in [2.75, 3.05) is 0 Å². The lowest BCUT2D eigenvalue weighted by Gasteiger charge is -2.13. The number of hydrogen-bond acceptors (Lipinski definition) is 9. The van der Waals surface area contributed by atoms with E-state index in [9.17, 15) is 19.8 Å². The van der Waals surface area contributed by atoms with E-state index in [4.69, 9.17) is 20.0 Å². The van der Waals surface area contributed by atoms with E-state index in [0.29, 0.717) is 36.1 Å². The zero-order valence-electron chi connectivity index (χ0n) is 34.9. The Morgan fingerprint density at radius 2 is 0.768 bits per heavy atom. The molecule has 0 atom stereocenters. The summed E-state index contributed by atoms with van der Waals surface area (Å²) in [6.07, 6.45) is 9.82. The van der Waals surface area contributed by atoms with Crippen LogP contribution < -0.4 is 16.3 Å². The smallest absolute Gasteiger partial charge is 0.277 e. The molecule has 56 heavy (non-hydrogen) atoms. The topological polar surface area (TPSA) is 208 Å². The molecule has 1 saturated heterocycles. The van der Waals surface area contributed by atoms with Gasteiger partial charge < -0.3 is 30.5 Å². The van der Waals surface area contributed by atoms with Crippen molar-refractivity contribution >= 4 is 58.2 Å². The average molecular weight is 769 g/mol. The second-order valence-corrected chi connectivity index (χ2v) is 15.8. The maximum Gasteiger partial charge on any atom is 0.277 e. The average Bonchev–Trinajstić information content (AvgIpc) is 3.81. The number of nitrogens with one attached hydrogen (secondary N) is 4. The van der Waals surface area contributed by atoms with Crippen LogP contribution in [0.4, 0.5) is 23.3 Å². The largest absolute Gasteiger partial charge is 0.381 e. The molecular weight excluding hydrogens is 709 g/mol. The Labute approximate surface area is 329 Å². The Morgan fingerprint density at radius 3 is 1.05 bits per heavy atom. The molecule has 2 aliphatic heterocycles. The molecule has 3 aromatic heterocycles. The third kappa shape index (κ3) is 8.91. The van der Waals surface area contributed by atoms with Crippen LogP contribution in [0.3, 0.4) is 0 Å². The Bertz CT molecular complexity index is 2060. The quantitative estimate of drug-likeness (QED) is 0.109.